The number of nitrogens with zero attached hydrogens (tertiary/aromatic N) is 1. The zero-order valence-electron chi connectivity index (χ0n) is 10.7. The lowest BCUT2D eigenvalue weighted by molar-refractivity contribution is -0.124. The fourth-order valence-corrected chi connectivity index (χ4v) is 3.93. The lowest BCUT2D eigenvalue weighted by Crippen LogP contribution is -2.38. The third kappa shape index (κ3) is 4.71. The Labute approximate surface area is 113 Å². The van der Waals surface area contributed by atoms with Crippen LogP contribution in [-0.4, -0.2) is 52.1 Å². The van der Waals surface area contributed by atoms with Gasteiger partial charge in [-0.1, -0.05) is 6.92 Å². The Morgan fingerprint density at radius 3 is 2.53 bits per heavy atom. The standard InChI is InChI=1S/C9H17NO7S2/c1-3-5-10(8(2)11)19(14,15)16-7-9-4-6-18(12,13)17-9/h9H,3-7H2,1-2H3. The minimum Gasteiger partial charge on any atom is -0.274 e. The minimum atomic E-state index is -4.20. The molecule has 1 aliphatic heterocycles. The molecule has 1 unspecified atom stereocenters. The summed E-state index contributed by atoms with van der Waals surface area (Å²) < 4.78 is 55.5. The first-order chi connectivity index (χ1) is 8.68. The van der Waals surface area contributed by atoms with Gasteiger partial charge in [-0.25, -0.2) is 4.31 Å². The van der Waals surface area contributed by atoms with Crippen LogP contribution in [0.4, 0.5) is 0 Å². The summed E-state index contributed by atoms with van der Waals surface area (Å²) in [5.74, 6) is -0.811. The van der Waals surface area contributed by atoms with Crippen molar-refractivity contribution in [1.82, 2.24) is 4.31 Å². The van der Waals surface area contributed by atoms with Gasteiger partial charge >= 0.3 is 10.3 Å². The molecule has 8 nitrogen and oxygen atoms in total. The lowest BCUT2D eigenvalue weighted by atomic mass is 10.3. The molecule has 0 aromatic rings. The molecule has 10 heteroatoms. The van der Waals surface area contributed by atoms with E-state index < -0.39 is 39.0 Å². The molecule has 0 spiro atoms. The van der Waals surface area contributed by atoms with E-state index in [4.69, 9.17) is 0 Å². The van der Waals surface area contributed by atoms with E-state index in [2.05, 4.69) is 8.37 Å². The highest BCUT2D eigenvalue weighted by atomic mass is 32.2. The summed E-state index contributed by atoms with van der Waals surface area (Å²) in [4.78, 5) is 11.2. The molecular weight excluding hydrogens is 298 g/mol. The summed E-state index contributed by atoms with van der Waals surface area (Å²) in [7, 11) is -7.76. The summed E-state index contributed by atoms with van der Waals surface area (Å²) in [5.41, 5.74) is 0. The van der Waals surface area contributed by atoms with Crippen molar-refractivity contribution in [2.75, 3.05) is 18.9 Å². The fraction of sp³-hybridized carbons (Fsp3) is 0.889. The van der Waals surface area contributed by atoms with Crippen molar-refractivity contribution in [3.05, 3.63) is 0 Å². The molecule has 0 saturated carbocycles. The molecule has 19 heavy (non-hydrogen) atoms. The van der Waals surface area contributed by atoms with Gasteiger partial charge in [-0.15, -0.1) is 0 Å². The molecule has 1 atom stereocenters. The number of rotatable bonds is 6. The second-order valence-electron chi connectivity index (χ2n) is 4.10. The smallest absolute Gasteiger partial charge is 0.274 e. The Hall–Kier alpha value is -0.710. The van der Waals surface area contributed by atoms with Crippen LogP contribution in [0.1, 0.15) is 26.7 Å². The van der Waals surface area contributed by atoms with Crippen LogP contribution in [0.3, 0.4) is 0 Å². The summed E-state index contributed by atoms with van der Waals surface area (Å²) >= 11 is 0. The van der Waals surface area contributed by atoms with Crippen molar-refractivity contribution in [1.29, 1.82) is 0 Å². The predicted octanol–water partition coefficient (Wildman–Crippen LogP) is -0.375. The van der Waals surface area contributed by atoms with Gasteiger partial charge in [0.1, 0.15) is 6.10 Å². The second kappa shape index (κ2) is 6.16. The maximum Gasteiger partial charge on any atom is 0.364 e. The summed E-state index contributed by atoms with van der Waals surface area (Å²) in [6.45, 7) is 2.43. The van der Waals surface area contributed by atoms with Crippen LogP contribution in [0, 0.1) is 0 Å². The SMILES string of the molecule is CCCN(C(C)=O)S(=O)(=O)OCC1CCS(=O)(=O)O1. The lowest BCUT2D eigenvalue weighted by Gasteiger charge is -2.20. The summed E-state index contributed by atoms with van der Waals surface area (Å²) in [5, 5.41) is 0. The first-order valence-electron chi connectivity index (χ1n) is 5.76. The van der Waals surface area contributed by atoms with Crippen LogP contribution in [0.2, 0.25) is 0 Å². The van der Waals surface area contributed by atoms with E-state index in [9.17, 15) is 21.6 Å². The van der Waals surface area contributed by atoms with E-state index in [-0.39, 0.29) is 18.7 Å². The monoisotopic (exact) mass is 315 g/mol. The number of carbonyl (C=O) groups is 1. The average Bonchev–Trinajstić information content (AvgIpc) is 2.63. The molecule has 112 valence electrons. The molecule has 1 saturated heterocycles. The normalized spacial score (nSPS) is 22.3. The fourth-order valence-electron chi connectivity index (χ4n) is 1.55. The van der Waals surface area contributed by atoms with Gasteiger partial charge in [-0.05, 0) is 12.8 Å². The molecule has 0 aromatic heterocycles. The van der Waals surface area contributed by atoms with Crippen molar-refractivity contribution in [3.63, 3.8) is 0 Å². The number of hydrogen-bond donors (Lipinski definition) is 0. The van der Waals surface area contributed by atoms with Gasteiger partial charge in [0.15, 0.2) is 0 Å². The quantitative estimate of drug-likeness (QED) is 0.615. The Morgan fingerprint density at radius 2 is 2.11 bits per heavy atom. The van der Waals surface area contributed by atoms with E-state index in [1.165, 1.54) is 0 Å². The van der Waals surface area contributed by atoms with E-state index in [0.29, 0.717) is 10.7 Å². The zero-order valence-corrected chi connectivity index (χ0v) is 12.4. The van der Waals surface area contributed by atoms with E-state index in [1.807, 2.05) is 0 Å². The number of carbonyl (C=O) groups excluding carboxylic acids is 1. The number of amides is 1. The highest BCUT2D eigenvalue weighted by molar-refractivity contribution is 7.87. The molecule has 1 rings (SSSR count). The van der Waals surface area contributed by atoms with Gasteiger partial charge in [0.2, 0.25) is 5.91 Å². The van der Waals surface area contributed by atoms with Gasteiger partial charge in [0, 0.05) is 13.5 Å². The zero-order chi connectivity index (χ0) is 14.7. The molecule has 1 amide bonds. The molecular formula is C9H17NO7S2. The largest absolute Gasteiger partial charge is 0.364 e. The van der Waals surface area contributed by atoms with Crippen LogP contribution in [0.25, 0.3) is 0 Å². The third-order valence-electron chi connectivity index (χ3n) is 2.42. The molecule has 1 fully saturated rings. The van der Waals surface area contributed by atoms with Gasteiger partial charge in [-0.3, -0.25) is 13.2 Å². The van der Waals surface area contributed by atoms with Crippen molar-refractivity contribution in [3.8, 4) is 0 Å². The van der Waals surface area contributed by atoms with Crippen molar-refractivity contribution < 1.29 is 30.0 Å². The second-order valence-corrected chi connectivity index (χ2v) is 7.35. The maximum absolute atomic E-state index is 11.8. The van der Waals surface area contributed by atoms with Crippen LogP contribution in [0.5, 0.6) is 0 Å². The Kier molecular flexibility index (Phi) is 5.30. The van der Waals surface area contributed by atoms with E-state index in [0.717, 1.165) is 6.92 Å². The predicted molar refractivity (Wildman–Crippen MR) is 65.8 cm³/mol. The number of hydrogen-bond acceptors (Lipinski definition) is 7. The van der Waals surface area contributed by atoms with Gasteiger partial charge in [0.25, 0.3) is 10.1 Å². The Morgan fingerprint density at radius 1 is 1.47 bits per heavy atom. The minimum absolute atomic E-state index is 0.0154. The highest BCUT2D eigenvalue weighted by Crippen LogP contribution is 2.17. The average molecular weight is 315 g/mol. The van der Waals surface area contributed by atoms with E-state index in [1.54, 1.807) is 6.92 Å². The molecule has 1 heterocycles. The van der Waals surface area contributed by atoms with Crippen LogP contribution >= 0.6 is 0 Å². The van der Waals surface area contributed by atoms with Crippen molar-refractivity contribution >= 4 is 26.3 Å². The van der Waals surface area contributed by atoms with Crippen molar-refractivity contribution in [2.24, 2.45) is 0 Å². The summed E-state index contributed by atoms with van der Waals surface area (Å²) in [6, 6.07) is 0. The van der Waals surface area contributed by atoms with E-state index >= 15 is 0 Å². The first kappa shape index (κ1) is 16.3. The Balaban J connectivity index is 2.62. The Bertz CT molecular complexity index is 525. The molecule has 0 radical (unpaired) electrons. The van der Waals surface area contributed by atoms with Gasteiger partial charge in [-0.2, -0.15) is 16.8 Å². The van der Waals surface area contributed by atoms with Crippen LogP contribution in [-0.2, 0) is 33.6 Å². The highest BCUT2D eigenvalue weighted by Gasteiger charge is 2.32. The third-order valence-corrected chi connectivity index (χ3v) is 5.14. The molecule has 0 bridgehead atoms. The molecule has 1 aliphatic rings. The molecule has 0 aliphatic carbocycles. The first-order valence-corrected chi connectivity index (χ1v) is 8.71. The summed E-state index contributed by atoms with van der Waals surface area (Å²) in [6.07, 6.45) is -0.197. The topological polar surface area (TPSA) is 107 Å². The maximum atomic E-state index is 11.8. The van der Waals surface area contributed by atoms with Gasteiger partial charge in [0.05, 0.1) is 12.4 Å². The molecule has 0 N–H and O–H groups in total. The van der Waals surface area contributed by atoms with Crippen molar-refractivity contribution in [2.45, 2.75) is 32.8 Å². The molecule has 0 aromatic carbocycles. The van der Waals surface area contributed by atoms with Crippen LogP contribution < -0.4 is 0 Å². The van der Waals surface area contributed by atoms with Crippen LogP contribution in [0.15, 0.2) is 0 Å². The van der Waals surface area contributed by atoms with Gasteiger partial charge < -0.3 is 0 Å².